The molecule has 0 amide bonds. The summed E-state index contributed by atoms with van der Waals surface area (Å²) >= 11 is 4.03. The summed E-state index contributed by atoms with van der Waals surface area (Å²) < 4.78 is 68.8. The number of pyridine rings is 1. The summed E-state index contributed by atoms with van der Waals surface area (Å²) in [7, 11) is 0. The molecule has 0 fully saturated rings. The van der Waals surface area contributed by atoms with E-state index in [1.165, 1.54) is 18.3 Å². The first-order valence-electron chi connectivity index (χ1n) is 8.36. The molecule has 1 aromatic carbocycles. The van der Waals surface area contributed by atoms with Crippen LogP contribution >= 0.6 is 11.6 Å². The van der Waals surface area contributed by atoms with Crippen molar-refractivity contribution >= 4 is 23.0 Å². The van der Waals surface area contributed by atoms with E-state index in [0.717, 1.165) is 12.1 Å². The third-order valence-corrected chi connectivity index (χ3v) is 5.92. The van der Waals surface area contributed by atoms with E-state index in [0.29, 0.717) is 6.07 Å². The highest BCUT2D eigenvalue weighted by molar-refractivity contribution is 7.90. The first-order valence-corrected chi connectivity index (χ1v) is 9.89. The normalized spacial score (nSPS) is 15.4. The van der Waals surface area contributed by atoms with Crippen LogP contribution in [0.25, 0.3) is 0 Å². The molecule has 156 valence electrons. The standard InChI is InChI=1S/C19H18ClF4N3OS/c1-17(2,3)29(28)27-18(6-7-25,16-5-4-14(20)11-26-16)12-8-13(19(22,23)24)10-15(21)9-12/h4-5,8-11,27H,6H2,1-3H3/t18-,29?/m0/s1. The Bertz CT molecular complexity index is 910. The van der Waals surface area contributed by atoms with Gasteiger partial charge < -0.3 is 4.55 Å². The second-order valence-electron chi connectivity index (χ2n) is 7.31. The Hall–Kier alpha value is -1.86. The molecule has 10 heteroatoms. The summed E-state index contributed by atoms with van der Waals surface area (Å²) in [6.07, 6.45) is -4.02. The first-order chi connectivity index (χ1) is 13.3. The van der Waals surface area contributed by atoms with E-state index in [1.54, 1.807) is 20.8 Å². The third-order valence-electron chi connectivity index (χ3n) is 4.05. The number of nitrogens with zero attached hydrogens (tertiary/aromatic N) is 2. The van der Waals surface area contributed by atoms with E-state index in [4.69, 9.17) is 11.6 Å². The molecule has 2 rings (SSSR count). The van der Waals surface area contributed by atoms with Crippen molar-refractivity contribution in [2.24, 2.45) is 0 Å². The zero-order valence-electron chi connectivity index (χ0n) is 15.8. The van der Waals surface area contributed by atoms with Crippen LogP contribution in [-0.4, -0.2) is 14.3 Å². The van der Waals surface area contributed by atoms with E-state index < -0.39 is 45.6 Å². The molecule has 0 saturated carbocycles. The van der Waals surface area contributed by atoms with Crippen molar-refractivity contribution < 1.29 is 22.1 Å². The second kappa shape index (κ2) is 8.48. The SMILES string of the molecule is CC(C)(C)[S+]([O-])N[C@@](CC#N)(c1cc(F)cc(C(F)(F)F)c1)c1ccc(Cl)cn1. The fourth-order valence-corrected chi connectivity index (χ4v) is 3.57. The molecular weight excluding hydrogens is 430 g/mol. The molecule has 1 unspecified atom stereocenters. The molecule has 0 spiro atoms. The average molecular weight is 448 g/mol. The summed E-state index contributed by atoms with van der Waals surface area (Å²) in [6, 6.07) is 6.66. The van der Waals surface area contributed by atoms with Gasteiger partial charge in [-0.25, -0.2) is 4.39 Å². The van der Waals surface area contributed by atoms with Crippen LogP contribution in [0.2, 0.25) is 5.02 Å². The largest absolute Gasteiger partial charge is 0.598 e. The van der Waals surface area contributed by atoms with Crippen LogP contribution in [0.15, 0.2) is 36.5 Å². The minimum atomic E-state index is -4.81. The second-order valence-corrected chi connectivity index (χ2v) is 9.71. The van der Waals surface area contributed by atoms with Crippen LogP contribution in [0.1, 0.15) is 44.0 Å². The van der Waals surface area contributed by atoms with E-state index in [9.17, 15) is 27.4 Å². The number of nitriles is 1. The fraction of sp³-hybridized carbons (Fsp3) is 0.368. The van der Waals surface area contributed by atoms with Gasteiger partial charge in [0.25, 0.3) is 0 Å². The smallest absolute Gasteiger partial charge is 0.416 e. The van der Waals surface area contributed by atoms with Gasteiger partial charge in [0, 0.05) is 17.6 Å². The highest BCUT2D eigenvalue weighted by atomic mass is 35.5. The van der Waals surface area contributed by atoms with Crippen molar-refractivity contribution in [3.8, 4) is 6.07 Å². The number of nitrogens with one attached hydrogen (secondary N) is 1. The molecule has 0 bridgehead atoms. The maximum Gasteiger partial charge on any atom is 0.416 e. The Balaban J connectivity index is 2.80. The summed E-state index contributed by atoms with van der Waals surface area (Å²) in [5.74, 6) is -1.14. The van der Waals surface area contributed by atoms with Gasteiger partial charge in [0.05, 0.1) is 28.8 Å². The maximum absolute atomic E-state index is 14.2. The molecule has 4 nitrogen and oxygen atoms in total. The van der Waals surface area contributed by atoms with Crippen LogP contribution in [0.4, 0.5) is 17.6 Å². The molecule has 1 heterocycles. The molecule has 1 aromatic heterocycles. The first kappa shape index (κ1) is 23.4. The van der Waals surface area contributed by atoms with E-state index in [2.05, 4.69) is 9.71 Å². The van der Waals surface area contributed by atoms with Crippen LogP contribution in [0.5, 0.6) is 0 Å². The van der Waals surface area contributed by atoms with Crippen molar-refractivity contribution in [1.29, 1.82) is 5.26 Å². The van der Waals surface area contributed by atoms with Gasteiger partial charge in [0.15, 0.2) is 0 Å². The Morgan fingerprint density at radius 3 is 2.28 bits per heavy atom. The molecule has 0 aliphatic rings. The number of halogens is 5. The van der Waals surface area contributed by atoms with Gasteiger partial charge in [0.2, 0.25) is 0 Å². The highest BCUT2D eigenvalue weighted by Gasteiger charge is 2.45. The van der Waals surface area contributed by atoms with Crippen molar-refractivity contribution in [2.75, 3.05) is 0 Å². The number of benzene rings is 1. The third kappa shape index (κ3) is 5.39. The molecule has 0 aliphatic carbocycles. The molecule has 0 aliphatic heterocycles. The van der Waals surface area contributed by atoms with Crippen LogP contribution in [0, 0.1) is 17.1 Å². The lowest BCUT2D eigenvalue weighted by molar-refractivity contribution is -0.137. The molecule has 0 radical (unpaired) electrons. The number of hydrogen-bond acceptors (Lipinski definition) is 4. The number of rotatable bonds is 5. The predicted molar refractivity (Wildman–Crippen MR) is 103 cm³/mol. The number of alkyl halides is 3. The Labute approximate surface area is 174 Å². The monoisotopic (exact) mass is 447 g/mol. The van der Waals surface area contributed by atoms with E-state index >= 15 is 0 Å². The Kier molecular flexibility index (Phi) is 6.85. The summed E-state index contributed by atoms with van der Waals surface area (Å²) in [6.45, 7) is 4.94. The lowest BCUT2D eigenvalue weighted by Gasteiger charge is -2.36. The minimum absolute atomic E-state index is 0.0831. The summed E-state index contributed by atoms with van der Waals surface area (Å²) in [5.41, 5.74) is -3.13. The average Bonchev–Trinajstić information content (AvgIpc) is 2.59. The van der Waals surface area contributed by atoms with E-state index in [-0.39, 0.29) is 16.3 Å². The van der Waals surface area contributed by atoms with Crippen molar-refractivity contribution in [2.45, 2.75) is 43.7 Å². The molecule has 2 aromatic rings. The molecule has 1 N–H and O–H groups in total. The molecule has 29 heavy (non-hydrogen) atoms. The topological polar surface area (TPSA) is 71.8 Å². The lowest BCUT2D eigenvalue weighted by atomic mass is 9.83. The van der Waals surface area contributed by atoms with Crippen LogP contribution in [0.3, 0.4) is 0 Å². The van der Waals surface area contributed by atoms with Crippen LogP contribution in [-0.2, 0) is 23.1 Å². The van der Waals surface area contributed by atoms with Crippen molar-refractivity contribution in [3.63, 3.8) is 0 Å². The van der Waals surface area contributed by atoms with Gasteiger partial charge in [0.1, 0.15) is 16.1 Å². The van der Waals surface area contributed by atoms with Crippen molar-refractivity contribution in [1.82, 2.24) is 9.71 Å². The van der Waals surface area contributed by atoms with E-state index in [1.807, 2.05) is 6.07 Å². The molecule has 0 saturated heterocycles. The quantitative estimate of drug-likeness (QED) is 0.511. The number of aromatic nitrogens is 1. The Morgan fingerprint density at radius 1 is 1.17 bits per heavy atom. The molecular formula is C19H18ClF4N3OS. The van der Waals surface area contributed by atoms with Gasteiger partial charge >= 0.3 is 6.18 Å². The zero-order valence-corrected chi connectivity index (χ0v) is 17.3. The highest BCUT2D eigenvalue weighted by Crippen LogP contribution is 2.38. The zero-order chi connectivity index (χ0) is 22.0. The summed E-state index contributed by atoms with van der Waals surface area (Å²) in [4.78, 5) is 4.12. The predicted octanol–water partition coefficient (Wildman–Crippen LogP) is 5.10. The van der Waals surface area contributed by atoms with Gasteiger partial charge in [-0.3, -0.25) is 4.98 Å². The maximum atomic E-state index is 14.2. The van der Waals surface area contributed by atoms with Crippen molar-refractivity contribution in [3.05, 3.63) is 64.2 Å². The Morgan fingerprint density at radius 2 is 1.79 bits per heavy atom. The van der Waals surface area contributed by atoms with Gasteiger partial charge in [-0.2, -0.15) is 18.4 Å². The lowest BCUT2D eigenvalue weighted by Crippen LogP contribution is -2.52. The fourth-order valence-electron chi connectivity index (χ4n) is 2.55. The van der Waals surface area contributed by atoms with Gasteiger partial charge in [-0.1, -0.05) is 11.6 Å². The van der Waals surface area contributed by atoms with Gasteiger partial charge in [-0.15, -0.1) is 4.72 Å². The van der Waals surface area contributed by atoms with Gasteiger partial charge in [-0.05, 0) is 56.7 Å². The van der Waals surface area contributed by atoms with Crippen LogP contribution < -0.4 is 4.72 Å². The minimum Gasteiger partial charge on any atom is -0.598 e. The summed E-state index contributed by atoms with van der Waals surface area (Å²) in [5, 5.41) is 9.69. The molecule has 2 atom stereocenters. The number of hydrogen-bond donors (Lipinski definition) is 1.